The molecule has 1 saturated heterocycles. The third kappa shape index (κ3) is 2.73. The van der Waals surface area contributed by atoms with Crippen molar-refractivity contribution in [1.29, 1.82) is 0 Å². The zero-order valence-electron chi connectivity index (χ0n) is 9.70. The summed E-state index contributed by atoms with van der Waals surface area (Å²) in [5.74, 6) is 0.275. The Morgan fingerprint density at radius 2 is 2.00 bits per heavy atom. The van der Waals surface area contributed by atoms with Crippen molar-refractivity contribution in [2.24, 2.45) is 11.7 Å². The van der Waals surface area contributed by atoms with E-state index in [-0.39, 0.29) is 11.9 Å². The number of halogens is 1. The Bertz CT molecular complexity index is 253. The second-order valence-electron chi connectivity index (χ2n) is 5.21. The molecule has 2 rings (SSSR count). The molecule has 2 fully saturated rings. The fourth-order valence-electron chi connectivity index (χ4n) is 3.05. The molecule has 16 heavy (non-hydrogen) atoms. The first kappa shape index (κ1) is 11.8. The number of carbonyl (C=O) groups excluding carboxylic acids is 1. The van der Waals surface area contributed by atoms with E-state index in [0.29, 0.717) is 18.9 Å². The molecule has 2 N–H and O–H groups in total. The Labute approximate surface area is 96.2 Å². The zero-order chi connectivity index (χ0) is 11.5. The topological polar surface area (TPSA) is 46.3 Å². The fraction of sp³-hybridized carbons (Fsp3) is 0.917. The van der Waals surface area contributed by atoms with Gasteiger partial charge in [-0.15, -0.1) is 0 Å². The van der Waals surface area contributed by atoms with Crippen LogP contribution >= 0.6 is 0 Å². The number of hydrogen-bond acceptors (Lipinski definition) is 2. The van der Waals surface area contributed by atoms with Gasteiger partial charge in [0.1, 0.15) is 6.17 Å². The highest BCUT2D eigenvalue weighted by Gasteiger charge is 2.36. The molecule has 0 radical (unpaired) electrons. The molecule has 2 aliphatic rings. The molecule has 0 spiro atoms. The Kier molecular flexibility index (Phi) is 3.79. The number of nitrogens with zero attached hydrogens (tertiary/aromatic N) is 1. The van der Waals surface area contributed by atoms with Gasteiger partial charge in [-0.05, 0) is 18.8 Å². The fourth-order valence-corrected chi connectivity index (χ4v) is 3.05. The van der Waals surface area contributed by atoms with E-state index >= 15 is 0 Å². The molecule has 0 aromatic rings. The highest BCUT2D eigenvalue weighted by molar-refractivity contribution is 5.80. The molecule has 0 unspecified atom stereocenters. The third-order valence-electron chi connectivity index (χ3n) is 3.90. The van der Waals surface area contributed by atoms with E-state index in [1.54, 1.807) is 0 Å². The monoisotopic (exact) mass is 228 g/mol. The van der Waals surface area contributed by atoms with Gasteiger partial charge >= 0.3 is 0 Å². The summed E-state index contributed by atoms with van der Waals surface area (Å²) in [6.07, 6.45) is 5.74. The van der Waals surface area contributed by atoms with Crippen molar-refractivity contribution < 1.29 is 9.18 Å². The van der Waals surface area contributed by atoms with E-state index in [1.165, 1.54) is 32.1 Å². The van der Waals surface area contributed by atoms with Crippen LogP contribution in [0.15, 0.2) is 0 Å². The van der Waals surface area contributed by atoms with Crippen LogP contribution in [0, 0.1) is 5.92 Å². The van der Waals surface area contributed by atoms with Crippen LogP contribution in [0.2, 0.25) is 0 Å². The summed E-state index contributed by atoms with van der Waals surface area (Å²) >= 11 is 0. The predicted octanol–water partition coefficient (Wildman–Crippen LogP) is 1.46. The van der Waals surface area contributed by atoms with Crippen LogP contribution in [-0.4, -0.2) is 36.1 Å². The summed E-state index contributed by atoms with van der Waals surface area (Å²) in [6, 6.07) is -0.364. The summed E-state index contributed by atoms with van der Waals surface area (Å²) < 4.78 is 13.3. The van der Waals surface area contributed by atoms with Gasteiger partial charge in [0.25, 0.3) is 0 Å². The average Bonchev–Trinajstić information content (AvgIpc) is 2.61. The number of carbonyl (C=O) groups is 1. The normalized spacial score (nSPS) is 33.1. The molecule has 1 aliphatic heterocycles. The van der Waals surface area contributed by atoms with E-state index in [9.17, 15) is 9.18 Å². The highest BCUT2D eigenvalue weighted by atomic mass is 19.1. The van der Waals surface area contributed by atoms with Gasteiger partial charge in [-0.3, -0.25) is 9.69 Å². The lowest BCUT2D eigenvalue weighted by atomic mass is 9.89. The van der Waals surface area contributed by atoms with Crippen LogP contribution < -0.4 is 5.73 Å². The van der Waals surface area contributed by atoms with Gasteiger partial charge in [0.05, 0.1) is 6.04 Å². The van der Waals surface area contributed by atoms with Crippen molar-refractivity contribution in [2.45, 2.75) is 50.7 Å². The minimum Gasteiger partial charge on any atom is -0.368 e. The third-order valence-corrected chi connectivity index (χ3v) is 3.90. The lowest BCUT2D eigenvalue weighted by molar-refractivity contribution is -0.122. The van der Waals surface area contributed by atoms with Gasteiger partial charge in [0.15, 0.2) is 0 Å². The Morgan fingerprint density at radius 1 is 1.31 bits per heavy atom. The summed E-state index contributed by atoms with van der Waals surface area (Å²) in [4.78, 5) is 13.2. The molecule has 1 amide bonds. The van der Waals surface area contributed by atoms with Crippen LogP contribution in [0.25, 0.3) is 0 Å². The number of rotatable bonds is 3. The van der Waals surface area contributed by atoms with Gasteiger partial charge < -0.3 is 5.73 Å². The first-order valence-electron chi connectivity index (χ1n) is 6.34. The van der Waals surface area contributed by atoms with Gasteiger partial charge in [-0.1, -0.05) is 19.3 Å². The van der Waals surface area contributed by atoms with Crippen LogP contribution in [0.1, 0.15) is 38.5 Å². The highest BCUT2D eigenvalue weighted by Crippen LogP contribution is 2.28. The van der Waals surface area contributed by atoms with Crippen molar-refractivity contribution in [3.05, 3.63) is 0 Å². The molecule has 0 bridgehead atoms. The molecule has 4 heteroatoms. The molecule has 0 aromatic carbocycles. The smallest absolute Gasteiger partial charge is 0.234 e. The SMILES string of the molecule is NC(=O)[C@@H]1C[C@@H](F)CN1CC1CCCCC1. The summed E-state index contributed by atoms with van der Waals surface area (Å²) in [7, 11) is 0. The summed E-state index contributed by atoms with van der Waals surface area (Å²) in [5.41, 5.74) is 5.31. The van der Waals surface area contributed by atoms with E-state index in [1.807, 2.05) is 4.90 Å². The minimum atomic E-state index is -0.874. The number of amides is 1. The molecule has 3 nitrogen and oxygen atoms in total. The molecule has 1 heterocycles. The second-order valence-corrected chi connectivity index (χ2v) is 5.21. The molecule has 1 aliphatic carbocycles. The van der Waals surface area contributed by atoms with Crippen molar-refractivity contribution in [2.75, 3.05) is 13.1 Å². The van der Waals surface area contributed by atoms with E-state index in [2.05, 4.69) is 0 Å². The lowest BCUT2D eigenvalue weighted by Gasteiger charge is -2.29. The Balaban J connectivity index is 1.89. The van der Waals surface area contributed by atoms with Gasteiger partial charge in [0, 0.05) is 19.5 Å². The quantitative estimate of drug-likeness (QED) is 0.795. The number of primary amides is 1. The predicted molar refractivity (Wildman–Crippen MR) is 60.6 cm³/mol. The maximum absolute atomic E-state index is 13.3. The van der Waals surface area contributed by atoms with Crippen molar-refractivity contribution in [3.8, 4) is 0 Å². The zero-order valence-corrected chi connectivity index (χ0v) is 9.70. The number of alkyl halides is 1. The molecule has 92 valence electrons. The Morgan fingerprint density at radius 3 is 2.62 bits per heavy atom. The number of likely N-dealkylation sites (tertiary alicyclic amines) is 1. The average molecular weight is 228 g/mol. The maximum atomic E-state index is 13.3. The molecular formula is C12H21FN2O. The van der Waals surface area contributed by atoms with Crippen molar-refractivity contribution >= 4 is 5.91 Å². The molecule has 0 aromatic heterocycles. The van der Waals surface area contributed by atoms with Crippen LogP contribution in [0.4, 0.5) is 4.39 Å². The van der Waals surface area contributed by atoms with Crippen molar-refractivity contribution in [1.82, 2.24) is 4.90 Å². The van der Waals surface area contributed by atoms with Crippen LogP contribution in [0.5, 0.6) is 0 Å². The Hall–Kier alpha value is -0.640. The van der Waals surface area contributed by atoms with E-state index < -0.39 is 6.17 Å². The largest absolute Gasteiger partial charge is 0.368 e. The molecule has 2 atom stereocenters. The first-order valence-corrected chi connectivity index (χ1v) is 6.34. The first-order chi connectivity index (χ1) is 7.66. The molecule has 1 saturated carbocycles. The van der Waals surface area contributed by atoms with E-state index in [0.717, 1.165) is 6.54 Å². The lowest BCUT2D eigenvalue weighted by Crippen LogP contribution is -2.42. The number of nitrogens with two attached hydrogens (primary N) is 1. The summed E-state index contributed by atoms with van der Waals surface area (Å²) in [6.45, 7) is 1.25. The number of hydrogen-bond donors (Lipinski definition) is 1. The summed E-state index contributed by atoms with van der Waals surface area (Å²) in [5, 5.41) is 0. The second kappa shape index (κ2) is 5.13. The van der Waals surface area contributed by atoms with E-state index in [4.69, 9.17) is 5.73 Å². The van der Waals surface area contributed by atoms with Gasteiger partial charge in [0.2, 0.25) is 5.91 Å². The van der Waals surface area contributed by atoms with Crippen LogP contribution in [0.3, 0.4) is 0 Å². The minimum absolute atomic E-state index is 0.294. The standard InChI is InChI=1S/C12H21FN2O/c13-10-6-11(12(14)16)15(8-10)7-9-4-2-1-3-5-9/h9-11H,1-8H2,(H2,14,16)/t10-,11+/m1/s1. The maximum Gasteiger partial charge on any atom is 0.234 e. The van der Waals surface area contributed by atoms with Crippen molar-refractivity contribution in [3.63, 3.8) is 0 Å². The van der Waals surface area contributed by atoms with Gasteiger partial charge in [-0.2, -0.15) is 0 Å². The van der Waals surface area contributed by atoms with Gasteiger partial charge in [-0.25, -0.2) is 4.39 Å². The molecular weight excluding hydrogens is 207 g/mol. The van der Waals surface area contributed by atoms with Crippen LogP contribution in [-0.2, 0) is 4.79 Å².